The fourth-order valence-electron chi connectivity index (χ4n) is 3.49. The third-order valence-electron chi connectivity index (χ3n) is 4.99. The van der Waals surface area contributed by atoms with E-state index in [2.05, 4.69) is 38.7 Å². The second-order valence-electron chi connectivity index (χ2n) is 6.85. The highest BCUT2D eigenvalue weighted by atomic mass is 16.2. The highest BCUT2D eigenvalue weighted by Gasteiger charge is 2.24. The number of amides is 1. The fraction of sp³-hybridized carbons (Fsp3) is 0.350. The zero-order valence-corrected chi connectivity index (χ0v) is 14.9. The van der Waals surface area contributed by atoms with Gasteiger partial charge in [0.1, 0.15) is 0 Å². The molecule has 3 heterocycles. The molecule has 6 nitrogen and oxygen atoms in total. The van der Waals surface area contributed by atoms with Crippen LogP contribution in [0.2, 0.25) is 0 Å². The maximum absolute atomic E-state index is 12.0. The molecule has 2 aromatic heterocycles. The minimum Gasteiger partial charge on any atom is -0.341 e. The zero-order valence-electron chi connectivity index (χ0n) is 14.9. The molecule has 0 aliphatic carbocycles. The predicted molar refractivity (Wildman–Crippen MR) is 100 cm³/mol. The van der Waals surface area contributed by atoms with Gasteiger partial charge in [-0.3, -0.25) is 9.89 Å². The van der Waals surface area contributed by atoms with Crippen molar-refractivity contribution in [2.45, 2.75) is 32.4 Å². The first-order valence-electron chi connectivity index (χ1n) is 9.06. The molecule has 0 spiro atoms. The number of likely N-dealkylation sites (tertiary alicyclic amines) is 1. The van der Waals surface area contributed by atoms with Crippen molar-refractivity contribution < 1.29 is 4.79 Å². The van der Waals surface area contributed by atoms with Crippen LogP contribution in [0.4, 0.5) is 0 Å². The Morgan fingerprint density at radius 3 is 2.92 bits per heavy atom. The van der Waals surface area contributed by atoms with Crippen molar-refractivity contribution >= 4 is 16.9 Å². The number of aromatic amines is 1. The van der Waals surface area contributed by atoms with Gasteiger partial charge in [0.25, 0.3) is 0 Å². The normalized spacial score (nSPS) is 15.7. The molecule has 3 aromatic rings. The largest absolute Gasteiger partial charge is 0.341 e. The van der Waals surface area contributed by atoms with Gasteiger partial charge in [0.2, 0.25) is 5.91 Å². The molecule has 0 saturated carbocycles. The summed E-state index contributed by atoms with van der Waals surface area (Å²) in [6, 6.07) is 12.5. The third kappa shape index (κ3) is 3.46. The van der Waals surface area contributed by atoms with Gasteiger partial charge in [0, 0.05) is 43.3 Å². The molecule has 0 unspecified atom stereocenters. The fourth-order valence-corrected chi connectivity index (χ4v) is 3.49. The second-order valence-corrected chi connectivity index (χ2v) is 6.85. The molecule has 1 aliphatic heterocycles. The standard InChI is InChI=1S/C20H23N5O/c1-14-17-10-15(12-22-20(17)24-23-14)11-21-18(16-6-3-2-4-7-16)13-25-9-5-8-19(25)26/h2-4,6-7,10,12,18,21H,5,8-9,11,13H2,1H3,(H,22,23,24)/t18-/m0/s1. The van der Waals surface area contributed by atoms with Gasteiger partial charge in [-0.2, -0.15) is 5.10 Å². The number of carbonyl (C=O) groups is 1. The first-order chi connectivity index (χ1) is 12.7. The lowest BCUT2D eigenvalue weighted by Crippen LogP contribution is -2.35. The number of carbonyl (C=O) groups excluding carboxylic acids is 1. The Morgan fingerprint density at radius 1 is 1.31 bits per heavy atom. The van der Waals surface area contributed by atoms with Crippen LogP contribution >= 0.6 is 0 Å². The lowest BCUT2D eigenvalue weighted by molar-refractivity contribution is -0.128. The van der Waals surface area contributed by atoms with Crippen molar-refractivity contribution in [3.63, 3.8) is 0 Å². The maximum Gasteiger partial charge on any atom is 0.222 e. The highest BCUT2D eigenvalue weighted by molar-refractivity contribution is 5.78. The Morgan fingerprint density at radius 2 is 2.15 bits per heavy atom. The van der Waals surface area contributed by atoms with Crippen molar-refractivity contribution in [3.8, 4) is 0 Å². The van der Waals surface area contributed by atoms with E-state index >= 15 is 0 Å². The van der Waals surface area contributed by atoms with E-state index in [9.17, 15) is 4.79 Å². The summed E-state index contributed by atoms with van der Waals surface area (Å²) in [5, 5.41) is 11.8. The molecule has 0 bridgehead atoms. The maximum atomic E-state index is 12.0. The van der Waals surface area contributed by atoms with E-state index in [4.69, 9.17) is 0 Å². The van der Waals surface area contributed by atoms with Crippen LogP contribution in [0.3, 0.4) is 0 Å². The Kier molecular flexibility index (Phi) is 4.67. The minimum absolute atomic E-state index is 0.0967. The van der Waals surface area contributed by atoms with Gasteiger partial charge < -0.3 is 10.2 Å². The molecule has 1 aliphatic rings. The van der Waals surface area contributed by atoms with Gasteiger partial charge in [-0.05, 0) is 30.5 Å². The Hall–Kier alpha value is -2.73. The number of aromatic nitrogens is 3. The number of benzene rings is 1. The van der Waals surface area contributed by atoms with Gasteiger partial charge in [-0.25, -0.2) is 4.98 Å². The zero-order chi connectivity index (χ0) is 17.9. The van der Waals surface area contributed by atoms with Crippen LogP contribution in [0.15, 0.2) is 42.6 Å². The van der Waals surface area contributed by atoms with E-state index in [1.807, 2.05) is 36.2 Å². The lowest BCUT2D eigenvalue weighted by Gasteiger charge is -2.25. The predicted octanol–water partition coefficient (Wildman–Crippen LogP) is 2.72. The van der Waals surface area contributed by atoms with Crippen LogP contribution in [0.1, 0.15) is 35.7 Å². The number of nitrogens with zero attached hydrogens (tertiary/aromatic N) is 3. The van der Waals surface area contributed by atoms with Gasteiger partial charge in [0.15, 0.2) is 5.65 Å². The average Bonchev–Trinajstić information content (AvgIpc) is 3.25. The topological polar surface area (TPSA) is 73.9 Å². The summed E-state index contributed by atoms with van der Waals surface area (Å²) in [5.41, 5.74) is 4.07. The SMILES string of the molecule is Cc1[nH]nc2ncc(CN[C@@H](CN3CCCC3=O)c3ccccc3)cc12. The molecule has 134 valence electrons. The molecule has 1 aromatic carbocycles. The van der Waals surface area contributed by atoms with E-state index in [1.54, 1.807) is 0 Å². The molecule has 0 radical (unpaired) electrons. The molecule has 2 N–H and O–H groups in total. The van der Waals surface area contributed by atoms with Crippen LogP contribution < -0.4 is 5.32 Å². The molecule has 1 saturated heterocycles. The van der Waals surface area contributed by atoms with E-state index in [0.29, 0.717) is 19.5 Å². The number of hydrogen-bond donors (Lipinski definition) is 2. The smallest absolute Gasteiger partial charge is 0.222 e. The van der Waals surface area contributed by atoms with Crippen LogP contribution in [-0.4, -0.2) is 39.1 Å². The van der Waals surface area contributed by atoms with Crippen molar-refractivity contribution in [1.29, 1.82) is 0 Å². The number of rotatable bonds is 6. The summed E-state index contributed by atoms with van der Waals surface area (Å²) in [6.07, 6.45) is 3.49. The molecule has 1 amide bonds. The quantitative estimate of drug-likeness (QED) is 0.718. The summed E-state index contributed by atoms with van der Waals surface area (Å²) >= 11 is 0. The number of hydrogen-bond acceptors (Lipinski definition) is 4. The summed E-state index contributed by atoms with van der Waals surface area (Å²) in [6.45, 7) is 4.24. The van der Waals surface area contributed by atoms with Crippen molar-refractivity contribution in [2.24, 2.45) is 0 Å². The molecule has 26 heavy (non-hydrogen) atoms. The second kappa shape index (κ2) is 7.25. The number of fused-ring (bicyclic) bond motifs is 1. The van der Waals surface area contributed by atoms with Crippen LogP contribution in [0, 0.1) is 6.92 Å². The van der Waals surface area contributed by atoms with Crippen molar-refractivity contribution in [3.05, 3.63) is 59.4 Å². The van der Waals surface area contributed by atoms with Gasteiger partial charge in [0.05, 0.1) is 6.04 Å². The molecule has 4 rings (SSSR count). The number of H-pyrrole nitrogens is 1. The van der Waals surface area contributed by atoms with Gasteiger partial charge in [-0.1, -0.05) is 30.3 Å². The summed E-state index contributed by atoms with van der Waals surface area (Å²) in [5.74, 6) is 0.254. The molecule has 1 atom stereocenters. The van der Waals surface area contributed by atoms with Crippen LogP contribution in [0.5, 0.6) is 0 Å². The van der Waals surface area contributed by atoms with Gasteiger partial charge >= 0.3 is 0 Å². The molecule has 6 heteroatoms. The Balaban J connectivity index is 1.51. The van der Waals surface area contributed by atoms with E-state index in [-0.39, 0.29) is 11.9 Å². The first-order valence-corrected chi connectivity index (χ1v) is 9.06. The average molecular weight is 349 g/mol. The summed E-state index contributed by atoms with van der Waals surface area (Å²) < 4.78 is 0. The molecular weight excluding hydrogens is 326 g/mol. The third-order valence-corrected chi connectivity index (χ3v) is 4.99. The minimum atomic E-state index is 0.0967. The highest BCUT2D eigenvalue weighted by Crippen LogP contribution is 2.20. The van der Waals surface area contributed by atoms with Crippen LogP contribution in [0.25, 0.3) is 11.0 Å². The molecular formula is C20H23N5O. The lowest BCUT2D eigenvalue weighted by atomic mass is 10.1. The van der Waals surface area contributed by atoms with Crippen LogP contribution in [-0.2, 0) is 11.3 Å². The number of pyridine rings is 1. The number of nitrogens with one attached hydrogen (secondary N) is 2. The van der Waals surface area contributed by atoms with Crippen molar-refractivity contribution in [2.75, 3.05) is 13.1 Å². The summed E-state index contributed by atoms with van der Waals surface area (Å²) in [7, 11) is 0. The monoisotopic (exact) mass is 349 g/mol. The van der Waals surface area contributed by atoms with E-state index in [0.717, 1.165) is 35.3 Å². The number of aryl methyl sites for hydroxylation is 1. The van der Waals surface area contributed by atoms with E-state index < -0.39 is 0 Å². The van der Waals surface area contributed by atoms with E-state index in [1.165, 1.54) is 5.56 Å². The van der Waals surface area contributed by atoms with Crippen molar-refractivity contribution in [1.82, 2.24) is 25.4 Å². The molecule has 1 fully saturated rings. The summed E-state index contributed by atoms with van der Waals surface area (Å²) in [4.78, 5) is 18.4. The Bertz CT molecular complexity index is 905. The first kappa shape index (κ1) is 16.7. The van der Waals surface area contributed by atoms with Gasteiger partial charge in [-0.15, -0.1) is 0 Å². The Labute approximate surface area is 152 Å².